The van der Waals surface area contributed by atoms with E-state index in [9.17, 15) is 4.39 Å². The highest BCUT2D eigenvalue weighted by Crippen LogP contribution is 2.16. The van der Waals surface area contributed by atoms with Crippen LogP contribution in [0.3, 0.4) is 0 Å². The van der Waals surface area contributed by atoms with Crippen LogP contribution < -0.4 is 4.84 Å². The Morgan fingerprint density at radius 2 is 2.00 bits per heavy atom. The molecule has 0 unspecified atom stereocenters. The van der Waals surface area contributed by atoms with Crippen LogP contribution in [-0.2, 0) is 0 Å². The summed E-state index contributed by atoms with van der Waals surface area (Å²) < 4.78 is 13.5. The highest BCUT2D eigenvalue weighted by molar-refractivity contribution is 5.98. The average molecular weight is 301 g/mol. The molecule has 114 valence electrons. The lowest BCUT2D eigenvalue weighted by atomic mass is 10.1. The number of benzene rings is 1. The lowest BCUT2D eigenvalue weighted by molar-refractivity contribution is 0.311. The summed E-state index contributed by atoms with van der Waals surface area (Å²) in [5.74, 6) is -0.736. The number of halogens is 1. The summed E-state index contributed by atoms with van der Waals surface area (Å²) in [5.41, 5.74) is 1.57. The predicted octanol–water partition coefficient (Wildman–Crippen LogP) is 2.64. The first-order chi connectivity index (χ1) is 10.6. The van der Waals surface area contributed by atoms with E-state index in [4.69, 9.17) is 4.84 Å². The van der Waals surface area contributed by atoms with Crippen molar-refractivity contribution in [3.8, 4) is 6.01 Å². The molecule has 0 aliphatic heterocycles. The minimum absolute atomic E-state index is 0.0670. The Labute approximate surface area is 128 Å². The van der Waals surface area contributed by atoms with Crippen molar-refractivity contribution in [3.05, 3.63) is 47.9 Å². The van der Waals surface area contributed by atoms with Crippen molar-refractivity contribution >= 4 is 17.9 Å². The highest BCUT2D eigenvalue weighted by atomic mass is 19.1. The SMILES string of the molecule is CC(=NOc1ncc(F)c(N=CN(C)C)n1)c1ccccc1. The molecule has 0 saturated carbocycles. The van der Waals surface area contributed by atoms with E-state index in [1.807, 2.05) is 30.3 Å². The normalized spacial score (nSPS) is 11.7. The van der Waals surface area contributed by atoms with E-state index in [2.05, 4.69) is 20.1 Å². The summed E-state index contributed by atoms with van der Waals surface area (Å²) in [7, 11) is 3.54. The zero-order valence-corrected chi connectivity index (χ0v) is 12.6. The van der Waals surface area contributed by atoms with Crippen LogP contribution in [0.15, 0.2) is 46.7 Å². The summed E-state index contributed by atoms with van der Waals surface area (Å²) in [4.78, 5) is 18.3. The van der Waals surface area contributed by atoms with Crippen LogP contribution in [0.2, 0.25) is 0 Å². The van der Waals surface area contributed by atoms with Gasteiger partial charge in [0.15, 0.2) is 11.6 Å². The maximum Gasteiger partial charge on any atom is 0.347 e. The number of rotatable bonds is 5. The molecule has 2 aromatic rings. The molecule has 0 radical (unpaired) electrons. The van der Waals surface area contributed by atoms with Crippen molar-refractivity contribution in [1.82, 2.24) is 14.9 Å². The maximum absolute atomic E-state index is 13.5. The van der Waals surface area contributed by atoms with E-state index in [0.29, 0.717) is 5.71 Å². The second-order valence-corrected chi connectivity index (χ2v) is 4.67. The number of aromatic nitrogens is 2. The molecule has 0 saturated heterocycles. The Balaban J connectivity index is 2.15. The van der Waals surface area contributed by atoms with Crippen LogP contribution in [0.1, 0.15) is 12.5 Å². The van der Waals surface area contributed by atoms with E-state index in [-0.39, 0.29) is 11.8 Å². The molecule has 0 amide bonds. The molecular formula is C15H16FN5O. The third kappa shape index (κ3) is 4.34. The second-order valence-electron chi connectivity index (χ2n) is 4.67. The molecule has 22 heavy (non-hydrogen) atoms. The zero-order chi connectivity index (χ0) is 15.9. The summed E-state index contributed by atoms with van der Waals surface area (Å²) in [6.45, 7) is 1.80. The summed E-state index contributed by atoms with van der Waals surface area (Å²) in [5, 5.41) is 3.94. The number of aliphatic imine (C=N–C) groups is 1. The third-order valence-corrected chi connectivity index (χ3v) is 2.57. The molecule has 1 aromatic carbocycles. The van der Waals surface area contributed by atoms with Gasteiger partial charge in [-0.25, -0.2) is 9.38 Å². The molecule has 0 atom stereocenters. The fraction of sp³-hybridized carbons (Fsp3) is 0.200. The van der Waals surface area contributed by atoms with Gasteiger partial charge in [-0.15, -0.1) is 0 Å². The van der Waals surface area contributed by atoms with Crippen molar-refractivity contribution in [2.24, 2.45) is 10.1 Å². The minimum Gasteiger partial charge on any atom is -0.369 e. The van der Waals surface area contributed by atoms with Gasteiger partial charge in [0.1, 0.15) is 0 Å². The van der Waals surface area contributed by atoms with Gasteiger partial charge in [-0.2, -0.15) is 9.97 Å². The quantitative estimate of drug-likeness (QED) is 0.484. The zero-order valence-electron chi connectivity index (χ0n) is 12.6. The van der Waals surface area contributed by atoms with Crippen molar-refractivity contribution in [1.29, 1.82) is 0 Å². The lowest BCUT2D eigenvalue weighted by Crippen LogP contribution is -2.07. The van der Waals surface area contributed by atoms with E-state index < -0.39 is 5.82 Å². The molecule has 7 heteroatoms. The Kier molecular flexibility index (Phi) is 5.13. The number of hydrogen-bond donors (Lipinski definition) is 0. The molecule has 0 aliphatic carbocycles. The maximum atomic E-state index is 13.5. The molecular weight excluding hydrogens is 285 g/mol. The molecule has 1 heterocycles. The van der Waals surface area contributed by atoms with Crippen molar-refractivity contribution in [3.63, 3.8) is 0 Å². The number of hydrogen-bond acceptors (Lipinski definition) is 5. The first kappa shape index (κ1) is 15.6. The van der Waals surface area contributed by atoms with Crippen LogP contribution in [0.5, 0.6) is 6.01 Å². The van der Waals surface area contributed by atoms with Crippen molar-refractivity contribution in [2.45, 2.75) is 6.92 Å². The first-order valence-corrected chi connectivity index (χ1v) is 6.56. The smallest absolute Gasteiger partial charge is 0.347 e. The lowest BCUT2D eigenvalue weighted by Gasteiger charge is -2.03. The fourth-order valence-corrected chi connectivity index (χ4v) is 1.49. The molecule has 0 bridgehead atoms. The predicted molar refractivity (Wildman–Crippen MR) is 83.1 cm³/mol. The third-order valence-electron chi connectivity index (χ3n) is 2.57. The van der Waals surface area contributed by atoms with Crippen LogP contribution >= 0.6 is 0 Å². The molecule has 0 spiro atoms. The molecule has 1 aromatic heterocycles. The van der Waals surface area contributed by atoms with Gasteiger partial charge < -0.3 is 9.74 Å². The van der Waals surface area contributed by atoms with Gasteiger partial charge in [0.25, 0.3) is 0 Å². The Morgan fingerprint density at radius 1 is 1.27 bits per heavy atom. The monoisotopic (exact) mass is 301 g/mol. The van der Waals surface area contributed by atoms with Crippen LogP contribution in [0.4, 0.5) is 10.2 Å². The molecule has 6 nitrogen and oxygen atoms in total. The second kappa shape index (κ2) is 7.26. The van der Waals surface area contributed by atoms with Crippen molar-refractivity contribution < 1.29 is 9.23 Å². The Morgan fingerprint density at radius 3 is 2.68 bits per heavy atom. The highest BCUT2D eigenvalue weighted by Gasteiger charge is 2.07. The van der Waals surface area contributed by atoms with E-state index in [0.717, 1.165) is 11.8 Å². The summed E-state index contributed by atoms with van der Waals surface area (Å²) in [6, 6.07) is 9.45. The first-order valence-electron chi connectivity index (χ1n) is 6.56. The van der Waals surface area contributed by atoms with Gasteiger partial charge in [0.05, 0.1) is 18.2 Å². The topological polar surface area (TPSA) is 63.0 Å². The van der Waals surface area contributed by atoms with Crippen molar-refractivity contribution in [2.75, 3.05) is 14.1 Å². The standard InChI is InChI=1S/C15H16FN5O/c1-11(12-7-5-4-6-8-12)20-22-15-17-9-13(16)14(19-15)18-10-21(2)3/h4-10H,1-3H3. The Hall–Kier alpha value is -2.83. The minimum atomic E-state index is -0.630. The van der Waals surface area contributed by atoms with Gasteiger partial charge in [-0.1, -0.05) is 35.5 Å². The summed E-state index contributed by atoms with van der Waals surface area (Å²) in [6.07, 6.45) is 2.44. The van der Waals surface area contributed by atoms with E-state index in [1.165, 1.54) is 6.34 Å². The van der Waals surface area contributed by atoms with Gasteiger partial charge >= 0.3 is 6.01 Å². The fourth-order valence-electron chi connectivity index (χ4n) is 1.49. The van der Waals surface area contributed by atoms with Crippen LogP contribution in [-0.4, -0.2) is 41.0 Å². The van der Waals surface area contributed by atoms with Gasteiger partial charge in [0.2, 0.25) is 0 Å². The van der Waals surface area contributed by atoms with E-state index in [1.54, 1.807) is 25.9 Å². The summed E-state index contributed by atoms with van der Waals surface area (Å²) >= 11 is 0. The largest absolute Gasteiger partial charge is 0.369 e. The van der Waals surface area contributed by atoms with Crippen LogP contribution in [0, 0.1) is 5.82 Å². The van der Waals surface area contributed by atoms with Gasteiger partial charge in [-0.05, 0) is 12.5 Å². The Bertz CT molecular complexity index is 686. The average Bonchev–Trinajstić information content (AvgIpc) is 2.53. The van der Waals surface area contributed by atoms with E-state index >= 15 is 0 Å². The number of oxime groups is 1. The molecule has 2 rings (SSSR count). The van der Waals surface area contributed by atoms with Gasteiger partial charge in [-0.3, -0.25) is 0 Å². The van der Waals surface area contributed by atoms with Gasteiger partial charge in [0, 0.05) is 14.1 Å². The molecule has 0 N–H and O–H groups in total. The molecule has 0 aliphatic rings. The van der Waals surface area contributed by atoms with Crippen LogP contribution in [0.25, 0.3) is 0 Å². The number of nitrogens with zero attached hydrogens (tertiary/aromatic N) is 5. The molecule has 0 fully saturated rings.